The first kappa shape index (κ1) is 12.6. The Balaban J connectivity index is 2.76. The summed E-state index contributed by atoms with van der Waals surface area (Å²) in [6.07, 6.45) is 0. The highest BCUT2D eigenvalue weighted by molar-refractivity contribution is 5.79. The Morgan fingerprint density at radius 3 is 2.44 bits per heavy atom. The number of hydrogen-bond acceptors (Lipinski definition) is 2. The minimum Gasteiger partial charge on any atom is -0.368 e. The molecule has 0 aliphatic carbocycles. The molecule has 2 unspecified atom stereocenters. The third-order valence-electron chi connectivity index (χ3n) is 2.37. The van der Waals surface area contributed by atoms with Crippen LogP contribution in [0.5, 0.6) is 0 Å². The molecule has 1 aromatic carbocycles. The SMILES string of the molecule is CC(NC(C)c1ccc(F)c(F)c1)C(N)=O. The van der Waals surface area contributed by atoms with Gasteiger partial charge in [-0.2, -0.15) is 0 Å². The van der Waals surface area contributed by atoms with Crippen molar-refractivity contribution in [2.24, 2.45) is 5.73 Å². The van der Waals surface area contributed by atoms with E-state index in [1.165, 1.54) is 6.07 Å². The van der Waals surface area contributed by atoms with E-state index >= 15 is 0 Å². The lowest BCUT2D eigenvalue weighted by Gasteiger charge is -2.18. The number of rotatable bonds is 4. The molecular weight excluding hydrogens is 214 g/mol. The molecule has 3 nitrogen and oxygen atoms in total. The van der Waals surface area contributed by atoms with E-state index in [1.807, 2.05) is 0 Å². The van der Waals surface area contributed by atoms with E-state index in [9.17, 15) is 13.6 Å². The molecule has 1 rings (SSSR count). The van der Waals surface area contributed by atoms with Gasteiger partial charge in [0.1, 0.15) is 0 Å². The minimum absolute atomic E-state index is 0.280. The molecule has 88 valence electrons. The van der Waals surface area contributed by atoms with Gasteiger partial charge in [-0.1, -0.05) is 6.07 Å². The molecule has 2 atom stereocenters. The van der Waals surface area contributed by atoms with Gasteiger partial charge in [0.25, 0.3) is 0 Å². The third kappa shape index (κ3) is 3.00. The van der Waals surface area contributed by atoms with E-state index in [4.69, 9.17) is 5.73 Å². The summed E-state index contributed by atoms with van der Waals surface area (Å²) in [6.45, 7) is 3.35. The molecule has 1 aromatic rings. The highest BCUT2D eigenvalue weighted by Gasteiger charge is 2.14. The molecule has 0 radical (unpaired) electrons. The van der Waals surface area contributed by atoms with Crippen molar-refractivity contribution >= 4 is 5.91 Å². The van der Waals surface area contributed by atoms with E-state index in [2.05, 4.69) is 5.32 Å². The molecule has 0 heterocycles. The maximum Gasteiger partial charge on any atom is 0.234 e. The van der Waals surface area contributed by atoms with Gasteiger partial charge in [0.05, 0.1) is 6.04 Å². The number of amides is 1. The van der Waals surface area contributed by atoms with E-state index in [0.29, 0.717) is 5.56 Å². The monoisotopic (exact) mass is 228 g/mol. The fourth-order valence-corrected chi connectivity index (χ4v) is 1.34. The highest BCUT2D eigenvalue weighted by Crippen LogP contribution is 2.16. The van der Waals surface area contributed by atoms with Gasteiger partial charge >= 0.3 is 0 Å². The number of halogens is 2. The summed E-state index contributed by atoms with van der Waals surface area (Å²) >= 11 is 0. The van der Waals surface area contributed by atoms with Crippen LogP contribution in [-0.4, -0.2) is 11.9 Å². The lowest BCUT2D eigenvalue weighted by molar-refractivity contribution is -0.119. The quantitative estimate of drug-likeness (QED) is 0.820. The van der Waals surface area contributed by atoms with Crippen molar-refractivity contribution in [3.8, 4) is 0 Å². The molecule has 0 saturated heterocycles. The lowest BCUT2D eigenvalue weighted by Crippen LogP contribution is -2.40. The molecule has 5 heteroatoms. The Morgan fingerprint density at radius 2 is 1.94 bits per heavy atom. The predicted molar refractivity (Wildman–Crippen MR) is 56.6 cm³/mol. The van der Waals surface area contributed by atoms with Gasteiger partial charge in [0.2, 0.25) is 5.91 Å². The zero-order chi connectivity index (χ0) is 12.3. The van der Waals surface area contributed by atoms with Crippen LogP contribution in [0.2, 0.25) is 0 Å². The number of hydrogen-bond donors (Lipinski definition) is 2. The van der Waals surface area contributed by atoms with E-state index in [1.54, 1.807) is 13.8 Å². The Hall–Kier alpha value is -1.49. The number of nitrogens with one attached hydrogen (secondary N) is 1. The van der Waals surface area contributed by atoms with Gasteiger partial charge in [-0.05, 0) is 31.5 Å². The molecule has 0 bridgehead atoms. The van der Waals surface area contributed by atoms with E-state index in [-0.39, 0.29) is 6.04 Å². The summed E-state index contributed by atoms with van der Waals surface area (Å²) in [5.74, 6) is -2.29. The van der Waals surface area contributed by atoms with Crippen LogP contribution in [-0.2, 0) is 4.79 Å². The standard InChI is InChI=1S/C11H14F2N2O/c1-6(15-7(2)11(14)16)8-3-4-9(12)10(13)5-8/h3-7,15H,1-2H3,(H2,14,16). The van der Waals surface area contributed by atoms with Crippen LogP contribution in [0.4, 0.5) is 8.78 Å². The van der Waals surface area contributed by atoms with E-state index < -0.39 is 23.6 Å². The van der Waals surface area contributed by atoms with Crippen LogP contribution < -0.4 is 11.1 Å². The second kappa shape index (κ2) is 5.03. The molecule has 0 saturated carbocycles. The fraction of sp³-hybridized carbons (Fsp3) is 0.364. The molecule has 0 aliphatic heterocycles. The Kier molecular flexibility index (Phi) is 3.95. The first-order valence-corrected chi connectivity index (χ1v) is 4.92. The molecule has 16 heavy (non-hydrogen) atoms. The first-order chi connectivity index (χ1) is 7.41. The smallest absolute Gasteiger partial charge is 0.234 e. The van der Waals surface area contributed by atoms with Gasteiger partial charge in [-0.3, -0.25) is 10.1 Å². The number of benzene rings is 1. The third-order valence-corrected chi connectivity index (χ3v) is 2.37. The zero-order valence-electron chi connectivity index (χ0n) is 9.13. The van der Waals surface area contributed by atoms with Gasteiger partial charge < -0.3 is 5.73 Å². The molecule has 0 aromatic heterocycles. The number of carbonyl (C=O) groups excluding carboxylic acids is 1. The van der Waals surface area contributed by atoms with Crippen LogP contribution in [0.25, 0.3) is 0 Å². The van der Waals surface area contributed by atoms with Gasteiger partial charge in [-0.15, -0.1) is 0 Å². The maximum atomic E-state index is 12.9. The van der Waals surface area contributed by atoms with Crippen molar-refractivity contribution in [1.29, 1.82) is 0 Å². The molecular formula is C11H14F2N2O. The van der Waals surface area contributed by atoms with Crippen molar-refractivity contribution in [1.82, 2.24) is 5.32 Å². The molecule has 0 aliphatic rings. The Labute approximate surface area is 92.6 Å². The second-order valence-electron chi connectivity index (χ2n) is 3.69. The molecule has 0 fully saturated rings. The second-order valence-corrected chi connectivity index (χ2v) is 3.69. The number of nitrogens with two attached hydrogens (primary N) is 1. The van der Waals surface area contributed by atoms with Crippen molar-refractivity contribution in [2.45, 2.75) is 25.9 Å². The molecule has 1 amide bonds. The molecule has 0 spiro atoms. The van der Waals surface area contributed by atoms with Crippen molar-refractivity contribution < 1.29 is 13.6 Å². The van der Waals surface area contributed by atoms with E-state index in [0.717, 1.165) is 12.1 Å². The van der Waals surface area contributed by atoms with Crippen LogP contribution in [0, 0.1) is 11.6 Å². The zero-order valence-corrected chi connectivity index (χ0v) is 9.13. The Morgan fingerprint density at radius 1 is 1.31 bits per heavy atom. The predicted octanol–water partition coefficient (Wildman–Crippen LogP) is 1.49. The Bertz CT molecular complexity index is 396. The summed E-state index contributed by atoms with van der Waals surface area (Å²) in [5.41, 5.74) is 5.64. The average molecular weight is 228 g/mol. The van der Waals surface area contributed by atoms with Crippen LogP contribution in [0.1, 0.15) is 25.5 Å². The highest BCUT2D eigenvalue weighted by atomic mass is 19.2. The van der Waals surface area contributed by atoms with Crippen molar-refractivity contribution in [2.75, 3.05) is 0 Å². The summed E-state index contributed by atoms with van der Waals surface area (Å²) in [4.78, 5) is 10.8. The largest absolute Gasteiger partial charge is 0.368 e. The topological polar surface area (TPSA) is 55.1 Å². The number of primary amides is 1. The van der Waals surface area contributed by atoms with Gasteiger partial charge in [-0.25, -0.2) is 8.78 Å². The van der Waals surface area contributed by atoms with Crippen LogP contribution in [0.3, 0.4) is 0 Å². The number of carbonyl (C=O) groups is 1. The van der Waals surface area contributed by atoms with Gasteiger partial charge in [0, 0.05) is 6.04 Å². The van der Waals surface area contributed by atoms with Gasteiger partial charge in [0.15, 0.2) is 11.6 Å². The first-order valence-electron chi connectivity index (χ1n) is 4.92. The summed E-state index contributed by atoms with van der Waals surface area (Å²) in [6, 6.07) is 2.81. The molecule has 3 N–H and O–H groups in total. The normalized spacial score (nSPS) is 14.5. The summed E-state index contributed by atoms with van der Waals surface area (Å²) < 4.78 is 25.6. The van der Waals surface area contributed by atoms with Crippen molar-refractivity contribution in [3.63, 3.8) is 0 Å². The minimum atomic E-state index is -0.905. The van der Waals surface area contributed by atoms with Crippen LogP contribution in [0.15, 0.2) is 18.2 Å². The summed E-state index contributed by atoms with van der Waals surface area (Å²) in [5, 5.41) is 2.88. The van der Waals surface area contributed by atoms with Crippen LogP contribution >= 0.6 is 0 Å². The average Bonchev–Trinajstić information content (AvgIpc) is 2.21. The fourth-order valence-electron chi connectivity index (χ4n) is 1.34. The van der Waals surface area contributed by atoms with Crippen molar-refractivity contribution in [3.05, 3.63) is 35.4 Å². The maximum absolute atomic E-state index is 12.9. The summed E-state index contributed by atoms with van der Waals surface area (Å²) in [7, 11) is 0. The lowest BCUT2D eigenvalue weighted by atomic mass is 10.1.